The van der Waals surface area contributed by atoms with Gasteiger partial charge in [0.05, 0.1) is 31.0 Å². The van der Waals surface area contributed by atoms with Crippen molar-refractivity contribution in [1.82, 2.24) is 20.1 Å². The number of nitrogens with one attached hydrogen (secondary N) is 1. The molecule has 1 fully saturated rings. The summed E-state index contributed by atoms with van der Waals surface area (Å²) in [6.45, 7) is 0.599. The predicted octanol–water partition coefficient (Wildman–Crippen LogP) is 2.79. The molecule has 0 spiro atoms. The Morgan fingerprint density at radius 3 is 3.03 bits per heavy atom. The van der Waals surface area contributed by atoms with Crippen LogP contribution in [0.4, 0.5) is 19.7 Å². The number of amides is 2. The van der Waals surface area contributed by atoms with Gasteiger partial charge in [0, 0.05) is 23.3 Å². The van der Waals surface area contributed by atoms with E-state index in [1.807, 2.05) is 12.3 Å². The SMILES string of the molecule is O=C(O)NCC1CN(c2ccc(-c3csc(Cn4cccn4)n3)c(F)c2)C(=O)O1. The number of thiazole rings is 1. The maximum Gasteiger partial charge on any atom is 0.414 e. The average molecular weight is 417 g/mol. The maximum absolute atomic E-state index is 14.7. The lowest BCUT2D eigenvalue weighted by atomic mass is 10.1. The molecule has 1 saturated heterocycles. The van der Waals surface area contributed by atoms with Crippen LogP contribution in [0.5, 0.6) is 0 Å². The summed E-state index contributed by atoms with van der Waals surface area (Å²) >= 11 is 1.41. The van der Waals surface area contributed by atoms with Gasteiger partial charge in [-0.25, -0.2) is 19.0 Å². The summed E-state index contributed by atoms with van der Waals surface area (Å²) in [5, 5.41) is 17.5. The van der Waals surface area contributed by atoms with Crippen LogP contribution in [0.3, 0.4) is 0 Å². The molecule has 4 rings (SSSR count). The second kappa shape index (κ2) is 7.87. The lowest BCUT2D eigenvalue weighted by molar-refractivity contribution is 0.136. The summed E-state index contributed by atoms with van der Waals surface area (Å²) in [4.78, 5) is 28.3. The molecule has 9 nitrogen and oxygen atoms in total. The highest BCUT2D eigenvalue weighted by atomic mass is 32.1. The number of halogens is 1. The van der Waals surface area contributed by atoms with Crippen LogP contribution in [-0.2, 0) is 11.3 Å². The van der Waals surface area contributed by atoms with Gasteiger partial charge in [-0.05, 0) is 24.3 Å². The van der Waals surface area contributed by atoms with Crippen molar-refractivity contribution in [2.75, 3.05) is 18.0 Å². The van der Waals surface area contributed by atoms with Gasteiger partial charge in [0.15, 0.2) is 0 Å². The van der Waals surface area contributed by atoms with E-state index >= 15 is 0 Å². The molecule has 29 heavy (non-hydrogen) atoms. The van der Waals surface area contributed by atoms with E-state index in [1.165, 1.54) is 22.3 Å². The predicted molar refractivity (Wildman–Crippen MR) is 102 cm³/mol. The number of cyclic esters (lactones) is 1. The standard InChI is InChI=1S/C18H16FN5O4S/c19-14-6-11(24-8-12(28-18(24)27)7-20-17(25)26)2-3-13(14)15-10-29-16(22-15)9-23-5-1-4-21-23/h1-6,10,12,20H,7-9H2,(H,25,26). The molecule has 0 saturated carbocycles. The third-order valence-corrected chi connectivity index (χ3v) is 5.14. The number of carbonyl (C=O) groups is 2. The van der Waals surface area contributed by atoms with Gasteiger partial charge in [-0.2, -0.15) is 5.10 Å². The number of rotatable bonds is 6. The monoisotopic (exact) mass is 417 g/mol. The van der Waals surface area contributed by atoms with Crippen LogP contribution in [0.25, 0.3) is 11.3 Å². The highest BCUT2D eigenvalue weighted by Gasteiger charge is 2.33. The van der Waals surface area contributed by atoms with E-state index in [4.69, 9.17) is 9.84 Å². The molecule has 1 aliphatic heterocycles. The van der Waals surface area contributed by atoms with Crippen molar-refractivity contribution in [1.29, 1.82) is 0 Å². The smallest absolute Gasteiger partial charge is 0.414 e. The molecule has 2 N–H and O–H groups in total. The number of ether oxygens (including phenoxy) is 1. The minimum absolute atomic E-state index is 0.0318. The van der Waals surface area contributed by atoms with Gasteiger partial charge in [-0.3, -0.25) is 9.58 Å². The molecular formula is C18H16FN5O4S. The van der Waals surface area contributed by atoms with Crippen LogP contribution >= 0.6 is 11.3 Å². The van der Waals surface area contributed by atoms with Crippen LogP contribution in [-0.4, -0.2) is 51.3 Å². The van der Waals surface area contributed by atoms with E-state index in [2.05, 4.69) is 15.4 Å². The van der Waals surface area contributed by atoms with E-state index in [1.54, 1.807) is 28.4 Å². The quantitative estimate of drug-likeness (QED) is 0.638. The zero-order chi connectivity index (χ0) is 20.4. The van der Waals surface area contributed by atoms with Crippen LogP contribution in [0, 0.1) is 5.82 Å². The summed E-state index contributed by atoms with van der Waals surface area (Å²) < 4.78 is 21.6. The molecule has 3 aromatic rings. The van der Waals surface area contributed by atoms with Gasteiger partial charge in [-0.1, -0.05) is 0 Å². The number of benzene rings is 1. The number of nitrogens with zero attached hydrogens (tertiary/aromatic N) is 4. The minimum Gasteiger partial charge on any atom is -0.465 e. The number of anilines is 1. The molecule has 0 bridgehead atoms. The topological polar surface area (TPSA) is 110 Å². The number of carboxylic acid groups (broad SMARTS) is 1. The molecule has 0 aliphatic carbocycles. The Morgan fingerprint density at radius 1 is 1.45 bits per heavy atom. The van der Waals surface area contributed by atoms with Gasteiger partial charge in [0.2, 0.25) is 0 Å². The second-order valence-electron chi connectivity index (χ2n) is 6.30. The summed E-state index contributed by atoms with van der Waals surface area (Å²) in [7, 11) is 0. The van der Waals surface area contributed by atoms with Crippen LogP contribution in [0.1, 0.15) is 5.01 Å². The lowest BCUT2D eigenvalue weighted by Gasteiger charge is -2.14. The molecule has 1 atom stereocenters. The summed E-state index contributed by atoms with van der Waals surface area (Å²) in [6.07, 6.45) is 1.02. The Balaban J connectivity index is 1.48. The van der Waals surface area contributed by atoms with Crippen molar-refractivity contribution in [3.8, 4) is 11.3 Å². The van der Waals surface area contributed by atoms with Gasteiger partial charge in [0.25, 0.3) is 0 Å². The van der Waals surface area contributed by atoms with Crippen molar-refractivity contribution in [2.24, 2.45) is 0 Å². The number of hydrogen-bond acceptors (Lipinski definition) is 6. The Morgan fingerprint density at radius 2 is 2.31 bits per heavy atom. The fourth-order valence-corrected chi connectivity index (χ4v) is 3.74. The van der Waals surface area contributed by atoms with E-state index in [-0.39, 0.29) is 13.1 Å². The fourth-order valence-electron chi connectivity index (χ4n) is 2.96. The Kier molecular flexibility index (Phi) is 5.12. The van der Waals surface area contributed by atoms with E-state index in [9.17, 15) is 14.0 Å². The van der Waals surface area contributed by atoms with Gasteiger partial charge in [0.1, 0.15) is 16.9 Å². The third-order valence-electron chi connectivity index (χ3n) is 4.30. The number of aromatic nitrogens is 3. The first-order valence-corrected chi connectivity index (χ1v) is 9.54. The van der Waals surface area contributed by atoms with Crippen LogP contribution in [0.15, 0.2) is 42.0 Å². The average Bonchev–Trinajstić information content (AvgIpc) is 3.42. The van der Waals surface area contributed by atoms with Crippen LogP contribution in [0.2, 0.25) is 0 Å². The summed E-state index contributed by atoms with van der Waals surface area (Å²) in [5.74, 6) is -0.515. The van der Waals surface area contributed by atoms with Gasteiger partial charge in [-0.15, -0.1) is 11.3 Å². The first-order valence-electron chi connectivity index (χ1n) is 8.66. The molecule has 1 aromatic carbocycles. The summed E-state index contributed by atoms with van der Waals surface area (Å²) in [6, 6.07) is 6.24. The van der Waals surface area contributed by atoms with Gasteiger partial charge >= 0.3 is 12.2 Å². The van der Waals surface area contributed by atoms with Crippen LogP contribution < -0.4 is 10.2 Å². The number of hydrogen-bond donors (Lipinski definition) is 2. The van der Waals surface area contributed by atoms with E-state index in [0.29, 0.717) is 23.5 Å². The Bertz CT molecular complexity index is 1040. The van der Waals surface area contributed by atoms with Crippen molar-refractivity contribution >= 4 is 29.2 Å². The molecule has 1 unspecified atom stereocenters. The van der Waals surface area contributed by atoms with Gasteiger partial charge < -0.3 is 15.2 Å². The second-order valence-corrected chi connectivity index (χ2v) is 7.24. The molecule has 11 heteroatoms. The number of carbonyl (C=O) groups excluding carboxylic acids is 1. The lowest BCUT2D eigenvalue weighted by Crippen LogP contribution is -2.33. The molecule has 3 heterocycles. The molecule has 0 radical (unpaired) electrons. The van der Waals surface area contributed by atoms with E-state index in [0.717, 1.165) is 5.01 Å². The molecule has 150 valence electrons. The van der Waals surface area contributed by atoms with Crippen molar-refractivity contribution < 1.29 is 23.8 Å². The summed E-state index contributed by atoms with van der Waals surface area (Å²) in [5.41, 5.74) is 1.17. The Hall–Kier alpha value is -3.47. The highest BCUT2D eigenvalue weighted by molar-refractivity contribution is 7.09. The minimum atomic E-state index is -1.20. The van der Waals surface area contributed by atoms with Crippen molar-refractivity contribution in [3.63, 3.8) is 0 Å². The Labute approximate surface area is 168 Å². The maximum atomic E-state index is 14.7. The van der Waals surface area contributed by atoms with E-state index < -0.39 is 24.1 Å². The van der Waals surface area contributed by atoms with Crippen molar-refractivity contribution in [3.05, 3.63) is 52.9 Å². The third kappa shape index (κ3) is 4.19. The first-order chi connectivity index (χ1) is 14.0. The zero-order valence-corrected chi connectivity index (χ0v) is 15.8. The molecular weight excluding hydrogens is 401 g/mol. The molecule has 2 amide bonds. The normalized spacial score (nSPS) is 16.1. The highest BCUT2D eigenvalue weighted by Crippen LogP contribution is 2.30. The molecule has 1 aliphatic rings. The first kappa shape index (κ1) is 18.9. The zero-order valence-electron chi connectivity index (χ0n) is 15.0. The largest absolute Gasteiger partial charge is 0.465 e. The van der Waals surface area contributed by atoms with Crippen molar-refractivity contribution in [2.45, 2.75) is 12.6 Å². The molecule has 2 aromatic heterocycles. The fraction of sp³-hybridized carbons (Fsp3) is 0.222.